The van der Waals surface area contributed by atoms with E-state index in [-0.39, 0.29) is 24.0 Å². The average molecular weight is 892 g/mol. The van der Waals surface area contributed by atoms with E-state index in [1.165, 1.54) is 161 Å². The molecule has 0 aromatic heterocycles. The third-order valence-corrected chi connectivity index (χ3v) is 13.3. The molecule has 2 unspecified atom stereocenters. The molecule has 0 saturated carbocycles. The van der Waals surface area contributed by atoms with Crippen LogP contribution < -0.4 is 0 Å². The Kier molecular flexibility index (Phi) is 47.1. The van der Waals surface area contributed by atoms with Crippen molar-refractivity contribution in [2.45, 2.75) is 297 Å². The molecule has 0 aromatic carbocycles. The van der Waals surface area contributed by atoms with Crippen LogP contribution in [0.3, 0.4) is 0 Å². The molecule has 0 rings (SSSR count). The molecule has 0 aliphatic carbocycles. The van der Waals surface area contributed by atoms with Crippen LogP contribution in [0.5, 0.6) is 0 Å². The molecule has 7 heteroatoms. The monoisotopic (exact) mass is 892 g/mol. The molecule has 2 atom stereocenters. The molecule has 0 heterocycles. The van der Waals surface area contributed by atoms with Crippen molar-refractivity contribution in [3.63, 3.8) is 0 Å². The fraction of sp³-hybridized carbons (Fsp3) is 0.946. The van der Waals surface area contributed by atoms with Crippen LogP contribution in [0, 0.1) is 11.8 Å². The second-order valence-corrected chi connectivity index (χ2v) is 19.8. The Morgan fingerprint density at radius 2 is 0.651 bits per heavy atom. The van der Waals surface area contributed by atoms with E-state index in [0.29, 0.717) is 32.5 Å². The average Bonchev–Trinajstić information content (AvgIpc) is 3.26. The first-order valence-corrected chi connectivity index (χ1v) is 27.9. The number of hydrogen-bond acceptors (Lipinski definition) is 7. The van der Waals surface area contributed by atoms with E-state index in [9.17, 15) is 14.4 Å². The minimum Gasteiger partial charge on any atom is -0.466 e. The van der Waals surface area contributed by atoms with Gasteiger partial charge in [0.1, 0.15) is 6.10 Å². The van der Waals surface area contributed by atoms with Crippen molar-refractivity contribution in [2.75, 3.05) is 33.9 Å². The summed E-state index contributed by atoms with van der Waals surface area (Å²) in [6, 6.07) is 0. The maximum absolute atomic E-state index is 12.7. The van der Waals surface area contributed by atoms with Crippen LogP contribution in [0.25, 0.3) is 0 Å². The molecule has 0 radical (unpaired) electrons. The quantitative estimate of drug-likeness (QED) is 0.0342. The summed E-state index contributed by atoms with van der Waals surface area (Å²) >= 11 is 0. The lowest BCUT2D eigenvalue weighted by Gasteiger charge is -2.18. The van der Waals surface area contributed by atoms with E-state index in [1.54, 1.807) is 0 Å². The van der Waals surface area contributed by atoms with E-state index in [0.717, 1.165) is 102 Å². The predicted molar refractivity (Wildman–Crippen MR) is 269 cm³/mol. The fourth-order valence-corrected chi connectivity index (χ4v) is 9.13. The lowest BCUT2D eigenvalue weighted by atomic mass is 9.91. The van der Waals surface area contributed by atoms with Gasteiger partial charge in [-0.3, -0.25) is 14.4 Å². The van der Waals surface area contributed by atoms with Crippen LogP contribution in [0.2, 0.25) is 0 Å². The van der Waals surface area contributed by atoms with Crippen molar-refractivity contribution in [1.29, 1.82) is 0 Å². The largest absolute Gasteiger partial charge is 0.466 e. The Morgan fingerprint density at radius 1 is 0.349 bits per heavy atom. The Bertz CT molecular complexity index is 977. The predicted octanol–water partition coefficient (Wildman–Crippen LogP) is 16.9. The topological polar surface area (TPSA) is 82.1 Å². The number of unbranched alkanes of at least 4 members (excludes halogenated alkanes) is 21. The van der Waals surface area contributed by atoms with Crippen molar-refractivity contribution in [2.24, 2.45) is 11.8 Å². The number of carbonyl (C=O) groups excluding carboxylic acids is 3. The molecule has 0 aliphatic rings. The van der Waals surface area contributed by atoms with E-state index < -0.39 is 0 Å². The van der Waals surface area contributed by atoms with E-state index in [2.05, 4.69) is 32.6 Å². The Morgan fingerprint density at radius 3 is 1.05 bits per heavy atom. The molecule has 0 saturated heterocycles. The van der Waals surface area contributed by atoms with Gasteiger partial charge in [-0.25, -0.2) is 0 Å². The maximum Gasteiger partial charge on any atom is 0.306 e. The second kappa shape index (κ2) is 48.3. The second-order valence-electron chi connectivity index (χ2n) is 19.8. The van der Waals surface area contributed by atoms with Gasteiger partial charge in [-0.05, 0) is 103 Å². The Hall–Kier alpha value is -1.63. The molecular formula is C56H109NO6. The zero-order chi connectivity index (χ0) is 46.3. The van der Waals surface area contributed by atoms with Gasteiger partial charge in [0.2, 0.25) is 0 Å². The van der Waals surface area contributed by atoms with Crippen molar-refractivity contribution in [3.05, 3.63) is 0 Å². The SMILES string of the molecule is CCCCCCC(CCCCC)CCCOC(=O)CCCCCCCCCC(CCCCCCCCCC(=O)OCCCC(CCCCC)CCCCC)OC(=O)CCCN(C)C. The van der Waals surface area contributed by atoms with Gasteiger partial charge in [-0.2, -0.15) is 0 Å². The van der Waals surface area contributed by atoms with Gasteiger partial charge in [0, 0.05) is 19.3 Å². The van der Waals surface area contributed by atoms with Crippen molar-refractivity contribution >= 4 is 17.9 Å². The third-order valence-electron chi connectivity index (χ3n) is 13.3. The smallest absolute Gasteiger partial charge is 0.306 e. The molecule has 0 fully saturated rings. The molecule has 0 aromatic rings. The molecule has 0 N–H and O–H groups in total. The standard InChI is InChI=1S/C56H109NO6/c1-7-11-15-29-40-52(39-28-14-10-4)42-36-50-62-55(59)46-33-25-21-17-19-23-31-44-53(63-56(60)47-34-48-57(5)6)43-30-22-18-16-20-24-32-45-54(58)61-49-35-41-51(37-26-12-8-2)38-27-13-9-3/h51-53H,7-50H2,1-6H3. The highest BCUT2D eigenvalue weighted by Crippen LogP contribution is 2.24. The minimum atomic E-state index is -0.0441. The normalized spacial score (nSPS) is 12.6. The lowest BCUT2D eigenvalue weighted by Crippen LogP contribution is -2.20. The van der Waals surface area contributed by atoms with Crippen LogP contribution in [0.4, 0.5) is 0 Å². The minimum absolute atomic E-state index is 0.0170. The third kappa shape index (κ3) is 45.3. The van der Waals surface area contributed by atoms with Gasteiger partial charge in [-0.1, -0.05) is 201 Å². The van der Waals surface area contributed by atoms with Gasteiger partial charge in [0.15, 0.2) is 0 Å². The van der Waals surface area contributed by atoms with E-state index in [1.807, 2.05) is 14.1 Å². The summed E-state index contributed by atoms with van der Waals surface area (Å²) in [6.45, 7) is 11.2. The van der Waals surface area contributed by atoms with Gasteiger partial charge in [0.05, 0.1) is 13.2 Å². The summed E-state index contributed by atoms with van der Waals surface area (Å²) in [6.07, 6.45) is 47.0. The summed E-state index contributed by atoms with van der Waals surface area (Å²) in [5, 5.41) is 0. The summed E-state index contributed by atoms with van der Waals surface area (Å²) in [5.41, 5.74) is 0. The first kappa shape index (κ1) is 61.4. The highest BCUT2D eigenvalue weighted by atomic mass is 16.5. The van der Waals surface area contributed by atoms with Crippen LogP contribution in [-0.2, 0) is 28.6 Å². The highest BCUT2D eigenvalue weighted by Gasteiger charge is 2.15. The molecule has 63 heavy (non-hydrogen) atoms. The van der Waals surface area contributed by atoms with Gasteiger partial charge in [0.25, 0.3) is 0 Å². The molecule has 374 valence electrons. The van der Waals surface area contributed by atoms with Crippen LogP contribution in [0.15, 0.2) is 0 Å². The molecule has 0 aliphatic heterocycles. The lowest BCUT2D eigenvalue weighted by molar-refractivity contribution is -0.150. The first-order valence-electron chi connectivity index (χ1n) is 27.9. The fourth-order valence-electron chi connectivity index (χ4n) is 9.13. The summed E-state index contributed by atoms with van der Waals surface area (Å²) < 4.78 is 17.2. The zero-order valence-corrected chi connectivity index (χ0v) is 43.2. The van der Waals surface area contributed by atoms with Crippen LogP contribution in [-0.4, -0.2) is 62.8 Å². The summed E-state index contributed by atoms with van der Waals surface area (Å²) in [5.74, 6) is 1.52. The Labute approximate surface area is 392 Å². The number of hydrogen-bond donors (Lipinski definition) is 0. The van der Waals surface area contributed by atoms with Gasteiger partial charge < -0.3 is 19.1 Å². The molecule has 0 bridgehead atoms. The van der Waals surface area contributed by atoms with Crippen LogP contribution >= 0.6 is 0 Å². The Balaban J connectivity index is 4.19. The van der Waals surface area contributed by atoms with Crippen molar-refractivity contribution < 1.29 is 28.6 Å². The van der Waals surface area contributed by atoms with E-state index in [4.69, 9.17) is 14.2 Å². The number of nitrogens with zero attached hydrogens (tertiary/aromatic N) is 1. The van der Waals surface area contributed by atoms with Crippen molar-refractivity contribution in [3.8, 4) is 0 Å². The highest BCUT2D eigenvalue weighted by molar-refractivity contribution is 5.70. The maximum atomic E-state index is 12.7. The zero-order valence-electron chi connectivity index (χ0n) is 43.2. The molecular weight excluding hydrogens is 783 g/mol. The van der Waals surface area contributed by atoms with Gasteiger partial charge >= 0.3 is 17.9 Å². The molecule has 0 spiro atoms. The number of esters is 3. The first-order chi connectivity index (χ1) is 30.7. The summed E-state index contributed by atoms with van der Waals surface area (Å²) in [4.78, 5) is 39.5. The number of ether oxygens (including phenoxy) is 3. The van der Waals surface area contributed by atoms with Crippen LogP contribution in [0.1, 0.15) is 291 Å². The van der Waals surface area contributed by atoms with Crippen molar-refractivity contribution in [1.82, 2.24) is 4.90 Å². The molecule has 7 nitrogen and oxygen atoms in total. The number of carbonyl (C=O) groups is 3. The van der Waals surface area contributed by atoms with Gasteiger partial charge in [-0.15, -0.1) is 0 Å². The number of rotatable bonds is 50. The molecule has 0 amide bonds. The van der Waals surface area contributed by atoms with E-state index >= 15 is 0 Å². The summed E-state index contributed by atoms with van der Waals surface area (Å²) in [7, 11) is 4.09.